The zero-order chi connectivity index (χ0) is 21.0. The fourth-order valence-electron chi connectivity index (χ4n) is 3.36. The monoisotopic (exact) mass is 413 g/mol. The Bertz CT molecular complexity index is 1020. The number of ether oxygens (including phenoxy) is 1. The Balaban J connectivity index is 1.67. The van der Waals surface area contributed by atoms with Crippen LogP contribution in [0.2, 0.25) is 0 Å². The van der Waals surface area contributed by atoms with Crippen LogP contribution in [0.4, 0.5) is 10.7 Å². The third-order valence-electron chi connectivity index (χ3n) is 4.84. The Morgan fingerprint density at radius 1 is 1.31 bits per heavy atom. The van der Waals surface area contributed by atoms with Gasteiger partial charge in [-0.3, -0.25) is 14.9 Å². The van der Waals surface area contributed by atoms with E-state index in [1.807, 2.05) is 0 Å². The minimum absolute atomic E-state index is 0.0348. The summed E-state index contributed by atoms with van der Waals surface area (Å²) in [6.07, 6.45) is 4.93. The van der Waals surface area contributed by atoms with Crippen molar-refractivity contribution in [2.24, 2.45) is 0 Å². The number of carbonyl (C=O) groups excluding carboxylic acids is 2. The molecule has 1 N–H and O–H groups in total. The number of aryl methyl sites for hydroxylation is 1. The summed E-state index contributed by atoms with van der Waals surface area (Å²) in [5.41, 5.74) is 1.52. The molecule has 0 radical (unpaired) electrons. The van der Waals surface area contributed by atoms with Gasteiger partial charge in [0.2, 0.25) is 0 Å². The summed E-state index contributed by atoms with van der Waals surface area (Å²) in [7, 11) is 0. The van der Waals surface area contributed by atoms with Crippen LogP contribution in [-0.2, 0) is 22.4 Å². The van der Waals surface area contributed by atoms with E-state index in [1.165, 1.54) is 36.5 Å². The third kappa shape index (κ3) is 4.43. The molecule has 0 saturated heterocycles. The summed E-state index contributed by atoms with van der Waals surface area (Å²) < 4.78 is 5.02. The van der Waals surface area contributed by atoms with Gasteiger partial charge in [0, 0.05) is 16.5 Å². The van der Waals surface area contributed by atoms with Crippen molar-refractivity contribution in [3.63, 3.8) is 0 Å². The molecular formula is C20H19N3O5S. The number of nitrogens with zero attached hydrogens (tertiary/aromatic N) is 2. The molecule has 0 saturated carbocycles. The predicted octanol–water partition coefficient (Wildman–Crippen LogP) is 3.90. The normalized spacial score (nSPS) is 13.0. The lowest BCUT2D eigenvalue weighted by Gasteiger charge is -2.08. The molecule has 0 bridgehead atoms. The van der Waals surface area contributed by atoms with Crippen LogP contribution in [0.15, 0.2) is 18.2 Å². The smallest absolute Gasteiger partial charge is 0.339 e. The van der Waals surface area contributed by atoms with Crippen molar-refractivity contribution in [1.29, 1.82) is 5.26 Å². The Hall–Kier alpha value is -3.25. The fourth-order valence-corrected chi connectivity index (χ4v) is 4.62. The number of amides is 1. The first-order chi connectivity index (χ1) is 13.9. The summed E-state index contributed by atoms with van der Waals surface area (Å²) >= 11 is 1.40. The molecule has 0 fully saturated rings. The second-order valence-corrected chi connectivity index (χ2v) is 7.82. The number of rotatable bonds is 5. The second-order valence-electron chi connectivity index (χ2n) is 6.71. The molecule has 0 spiro atoms. The number of hydrogen-bond acceptors (Lipinski definition) is 7. The van der Waals surface area contributed by atoms with Gasteiger partial charge < -0.3 is 10.1 Å². The van der Waals surface area contributed by atoms with Crippen LogP contribution in [0.5, 0.6) is 0 Å². The molecular weight excluding hydrogens is 394 g/mol. The van der Waals surface area contributed by atoms with Gasteiger partial charge in [-0.25, -0.2) is 4.79 Å². The number of nitriles is 1. The number of nitro benzene ring substituents is 1. The van der Waals surface area contributed by atoms with Crippen LogP contribution >= 0.6 is 11.3 Å². The van der Waals surface area contributed by atoms with Gasteiger partial charge in [-0.05, 0) is 44.2 Å². The van der Waals surface area contributed by atoms with E-state index in [0.29, 0.717) is 10.6 Å². The number of hydrogen-bond donors (Lipinski definition) is 1. The van der Waals surface area contributed by atoms with Crippen molar-refractivity contribution in [3.05, 3.63) is 55.4 Å². The highest BCUT2D eigenvalue weighted by Crippen LogP contribution is 2.36. The van der Waals surface area contributed by atoms with Crippen LogP contribution in [0, 0.1) is 28.4 Å². The van der Waals surface area contributed by atoms with Crippen LogP contribution < -0.4 is 5.32 Å². The number of esters is 1. The van der Waals surface area contributed by atoms with Crippen molar-refractivity contribution in [1.82, 2.24) is 0 Å². The maximum absolute atomic E-state index is 12.3. The largest absolute Gasteiger partial charge is 0.452 e. The van der Waals surface area contributed by atoms with E-state index in [1.54, 1.807) is 0 Å². The van der Waals surface area contributed by atoms with E-state index in [0.717, 1.165) is 42.5 Å². The molecule has 0 unspecified atom stereocenters. The molecule has 1 amide bonds. The molecule has 1 heterocycles. The summed E-state index contributed by atoms with van der Waals surface area (Å²) in [5.74, 6) is -1.38. The Morgan fingerprint density at radius 2 is 2.07 bits per heavy atom. The van der Waals surface area contributed by atoms with Crippen molar-refractivity contribution in [2.75, 3.05) is 11.9 Å². The van der Waals surface area contributed by atoms with Crippen LogP contribution in [0.25, 0.3) is 0 Å². The number of thiophene rings is 1. The SMILES string of the molecule is Cc1c(C(=O)OCC(=O)Nc2sc3c(c2C#N)CCCCC3)cccc1[N+](=O)[O-]. The molecule has 1 aliphatic carbocycles. The van der Waals surface area contributed by atoms with E-state index in [-0.39, 0.29) is 16.8 Å². The maximum atomic E-state index is 12.3. The predicted molar refractivity (Wildman–Crippen MR) is 107 cm³/mol. The van der Waals surface area contributed by atoms with Gasteiger partial charge in [0.1, 0.15) is 11.1 Å². The van der Waals surface area contributed by atoms with Crippen molar-refractivity contribution < 1.29 is 19.2 Å². The maximum Gasteiger partial charge on any atom is 0.339 e. The highest BCUT2D eigenvalue weighted by molar-refractivity contribution is 7.16. The van der Waals surface area contributed by atoms with Crippen LogP contribution in [0.1, 0.15) is 51.2 Å². The van der Waals surface area contributed by atoms with Crippen LogP contribution in [0.3, 0.4) is 0 Å². The minimum atomic E-state index is -0.816. The number of nitrogens with one attached hydrogen (secondary N) is 1. The first-order valence-electron chi connectivity index (χ1n) is 9.18. The molecule has 29 heavy (non-hydrogen) atoms. The molecule has 3 rings (SSSR count). The molecule has 2 aromatic rings. The highest BCUT2D eigenvalue weighted by Gasteiger charge is 2.22. The van der Waals surface area contributed by atoms with Crippen LogP contribution in [-0.4, -0.2) is 23.4 Å². The Kier molecular flexibility index (Phi) is 6.24. The number of benzene rings is 1. The molecule has 8 nitrogen and oxygen atoms in total. The molecule has 0 aliphatic heterocycles. The molecule has 0 atom stereocenters. The van der Waals surface area contributed by atoms with Crippen molar-refractivity contribution >= 4 is 33.9 Å². The summed E-state index contributed by atoms with van der Waals surface area (Å²) in [5, 5.41) is 23.6. The van der Waals surface area contributed by atoms with E-state index in [9.17, 15) is 25.0 Å². The topological polar surface area (TPSA) is 122 Å². The standard InChI is InChI=1S/C20H19N3O5S/c1-12-13(7-5-8-16(12)23(26)27)20(25)28-11-18(24)22-19-15(10-21)14-6-3-2-4-9-17(14)29-19/h5,7-8H,2-4,6,9,11H2,1H3,(H,22,24). The van der Waals surface area contributed by atoms with Gasteiger partial charge in [0.15, 0.2) is 6.61 Å². The average molecular weight is 413 g/mol. The summed E-state index contributed by atoms with van der Waals surface area (Å²) in [4.78, 5) is 36.0. The van der Waals surface area contributed by atoms with E-state index in [4.69, 9.17) is 4.74 Å². The number of nitro groups is 1. The highest BCUT2D eigenvalue weighted by atomic mass is 32.1. The molecule has 9 heteroatoms. The fraction of sp³-hybridized carbons (Fsp3) is 0.350. The number of fused-ring (bicyclic) bond motifs is 1. The summed E-state index contributed by atoms with van der Waals surface area (Å²) in [6, 6.07) is 6.27. The third-order valence-corrected chi connectivity index (χ3v) is 6.05. The molecule has 1 aromatic heterocycles. The van der Waals surface area contributed by atoms with Crippen molar-refractivity contribution in [3.8, 4) is 6.07 Å². The Morgan fingerprint density at radius 3 is 2.79 bits per heavy atom. The van der Waals surface area contributed by atoms with Gasteiger partial charge in [-0.15, -0.1) is 11.3 Å². The lowest BCUT2D eigenvalue weighted by molar-refractivity contribution is -0.385. The summed E-state index contributed by atoms with van der Waals surface area (Å²) in [6.45, 7) is 0.904. The second kappa shape index (κ2) is 8.84. The Labute approximate surface area is 171 Å². The lowest BCUT2D eigenvalue weighted by Crippen LogP contribution is -2.21. The van der Waals surface area contributed by atoms with Gasteiger partial charge in [-0.2, -0.15) is 5.26 Å². The van der Waals surface area contributed by atoms with Gasteiger partial charge in [-0.1, -0.05) is 12.5 Å². The molecule has 150 valence electrons. The molecule has 1 aromatic carbocycles. The van der Waals surface area contributed by atoms with Gasteiger partial charge in [0.25, 0.3) is 11.6 Å². The molecule has 1 aliphatic rings. The average Bonchev–Trinajstić information content (AvgIpc) is 2.85. The quantitative estimate of drug-likeness (QED) is 0.343. The van der Waals surface area contributed by atoms with Crippen molar-refractivity contribution in [2.45, 2.75) is 39.0 Å². The van der Waals surface area contributed by atoms with E-state index in [2.05, 4.69) is 11.4 Å². The first-order valence-corrected chi connectivity index (χ1v) is 9.99. The van der Waals surface area contributed by atoms with E-state index < -0.39 is 23.4 Å². The first kappa shape index (κ1) is 20.5. The van der Waals surface area contributed by atoms with E-state index >= 15 is 0 Å². The van der Waals surface area contributed by atoms with Gasteiger partial charge in [0.05, 0.1) is 16.1 Å². The minimum Gasteiger partial charge on any atom is -0.452 e. The lowest BCUT2D eigenvalue weighted by atomic mass is 10.1. The number of carbonyl (C=O) groups is 2. The number of anilines is 1. The zero-order valence-electron chi connectivity index (χ0n) is 15.8. The van der Waals surface area contributed by atoms with Gasteiger partial charge >= 0.3 is 5.97 Å². The zero-order valence-corrected chi connectivity index (χ0v) is 16.6.